The molecule has 0 unspecified atom stereocenters. The molecule has 0 radical (unpaired) electrons. The van der Waals surface area contributed by atoms with Crippen molar-refractivity contribution < 1.29 is 10.3 Å². The first kappa shape index (κ1) is 11.0. The van der Waals surface area contributed by atoms with Crippen molar-refractivity contribution in [3.8, 4) is 0 Å². The molecule has 2 atom stereocenters. The molecule has 0 saturated carbocycles. The van der Waals surface area contributed by atoms with Crippen LogP contribution >= 0.6 is 0 Å². The highest BCUT2D eigenvalue weighted by Gasteiger charge is 2.33. The molecule has 1 N–H and O–H groups in total. The number of likely N-dealkylation sites (tertiary alicyclic amines) is 1. The molecule has 0 bridgehead atoms. The molecule has 2 aromatic rings. The molecule has 120 valence electrons. The molecule has 23 heavy (non-hydrogen) atoms. The summed E-state index contributed by atoms with van der Waals surface area (Å²) in [6.07, 6.45) is 3.23. The molecule has 0 aromatic carbocycles. The normalized spacial score (nSPS) is 30.7. The maximum Gasteiger partial charge on any atom is 0.302 e. The lowest BCUT2D eigenvalue weighted by molar-refractivity contribution is -0.130. The van der Waals surface area contributed by atoms with E-state index in [1.165, 1.54) is 11.2 Å². The van der Waals surface area contributed by atoms with Gasteiger partial charge in [-0.05, 0) is 18.4 Å². The summed E-state index contributed by atoms with van der Waals surface area (Å²) in [6.45, 7) is 5.75. The molecule has 7 nitrogen and oxygen atoms in total. The number of nitrogens with one attached hydrogen (secondary N) is 1. The summed E-state index contributed by atoms with van der Waals surface area (Å²) in [7, 11) is 1.63. The Morgan fingerprint density at radius 3 is 3.30 bits per heavy atom. The molecule has 1 aliphatic rings. The van der Waals surface area contributed by atoms with Gasteiger partial charge in [0, 0.05) is 27.7 Å². The topological polar surface area (TPSA) is 69.5 Å². The highest BCUT2D eigenvalue weighted by Crippen LogP contribution is 2.28. The van der Waals surface area contributed by atoms with E-state index in [0.717, 1.165) is 4.90 Å². The Hall–Kier alpha value is -2.62. The second-order valence-electron chi connectivity index (χ2n) is 5.42. The number of hydrogen-bond acceptors (Lipinski definition) is 4. The van der Waals surface area contributed by atoms with Crippen molar-refractivity contribution >= 4 is 22.8 Å². The van der Waals surface area contributed by atoms with E-state index in [1.807, 2.05) is 0 Å². The Labute approximate surface area is 140 Å². The number of rotatable bonds is 3. The minimum atomic E-state index is -2.68. The average molecular weight is 316 g/mol. The molecule has 7 heteroatoms. The summed E-state index contributed by atoms with van der Waals surface area (Å²) in [6, 6.07) is 0.173. The summed E-state index contributed by atoms with van der Waals surface area (Å²) in [5.41, 5.74) is 0.593. The van der Waals surface area contributed by atoms with Gasteiger partial charge in [-0.15, -0.1) is 0 Å². The van der Waals surface area contributed by atoms with Crippen molar-refractivity contribution in [2.45, 2.75) is 19.4 Å². The van der Waals surface area contributed by atoms with E-state index in [4.69, 9.17) is 12.1 Å². The van der Waals surface area contributed by atoms with E-state index in [-0.39, 0.29) is 19.5 Å². The van der Waals surface area contributed by atoms with Crippen LogP contribution in [0.3, 0.4) is 0 Å². The Kier molecular flexibility index (Phi) is 2.99. The standard InChI is InChI=1S/C16H20N6O/c1-11-5-7-22(14(23)8-17-2)9-13(11)21(3)16-12-4-6-18-15(12)19-10-20-16/h4,6,10-11,13H,5,7-9H2,1,3H3,(H,18,19,20)/t11-,13-/m1/s1/i8D2,11D,13D. The number of anilines is 1. The fraction of sp³-hybridized carbons (Fsp3) is 0.500. The van der Waals surface area contributed by atoms with E-state index in [2.05, 4.69) is 19.8 Å². The fourth-order valence-corrected chi connectivity index (χ4v) is 2.78. The smallest absolute Gasteiger partial charge is 0.302 e. The van der Waals surface area contributed by atoms with Gasteiger partial charge >= 0.3 is 5.91 Å². The van der Waals surface area contributed by atoms with Crippen molar-refractivity contribution in [2.75, 3.05) is 31.5 Å². The van der Waals surface area contributed by atoms with Gasteiger partial charge in [0.2, 0.25) is 0 Å². The van der Waals surface area contributed by atoms with Gasteiger partial charge in [0.1, 0.15) is 20.5 Å². The largest absolute Gasteiger partial charge is 0.354 e. The highest BCUT2D eigenvalue weighted by molar-refractivity contribution is 5.87. The number of fused-ring (bicyclic) bond motifs is 1. The first-order valence-electron chi connectivity index (χ1n) is 9.23. The number of carbonyl (C=O) groups is 1. The number of aromatic nitrogens is 3. The van der Waals surface area contributed by atoms with Crippen molar-refractivity contribution in [2.24, 2.45) is 5.89 Å². The van der Waals surface area contributed by atoms with Crippen LogP contribution in [0.4, 0.5) is 5.82 Å². The molecule has 3 heterocycles. The van der Waals surface area contributed by atoms with E-state index in [1.54, 1.807) is 26.2 Å². The molecular weight excluding hydrogens is 292 g/mol. The molecule has 0 spiro atoms. The third-order valence-electron chi connectivity index (χ3n) is 4.08. The highest BCUT2D eigenvalue weighted by atomic mass is 16.2. The van der Waals surface area contributed by atoms with Crippen LogP contribution in [0.5, 0.6) is 0 Å². The van der Waals surface area contributed by atoms with Gasteiger partial charge in [0.25, 0.3) is 6.50 Å². The SMILES string of the molecule is [2H]C([2H])([N+]#[C-])C(=O)N1CC[C@@]([2H])(C)[C@]([2H])(N(C)c2ncnc3[nH]ccc23)C1. The van der Waals surface area contributed by atoms with Crippen LogP contribution < -0.4 is 4.90 Å². The van der Waals surface area contributed by atoms with Crippen LogP contribution in [0.2, 0.25) is 0 Å². The summed E-state index contributed by atoms with van der Waals surface area (Å²) in [4.78, 5) is 29.2. The maximum absolute atomic E-state index is 12.4. The van der Waals surface area contributed by atoms with E-state index in [0.29, 0.717) is 16.9 Å². The number of aromatic amines is 1. The summed E-state index contributed by atoms with van der Waals surface area (Å²) >= 11 is 0. The van der Waals surface area contributed by atoms with Crippen LogP contribution in [0.25, 0.3) is 15.9 Å². The number of nitrogens with zero attached hydrogens (tertiary/aromatic N) is 5. The third-order valence-corrected chi connectivity index (χ3v) is 4.08. The van der Waals surface area contributed by atoms with Crippen LogP contribution in [-0.2, 0) is 4.79 Å². The maximum atomic E-state index is 12.4. The van der Waals surface area contributed by atoms with Gasteiger partial charge < -0.3 is 19.6 Å². The molecule has 1 saturated heterocycles. The zero-order chi connectivity index (χ0) is 20.0. The predicted molar refractivity (Wildman–Crippen MR) is 87.9 cm³/mol. The Bertz CT molecular complexity index is 923. The summed E-state index contributed by atoms with van der Waals surface area (Å²) in [5, 5.41) is 0.683. The van der Waals surface area contributed by atoms with E-state index >= 15 is 0 Å². The van der Waals surface area contributed by atoms with Gasteiger partial charge in [-0.25, -0.2) is 16.5 Å². The van der Waals surface area contributed by atoms with Gasteiger partial charge in [-0.2, -0.15) is 0 Å². The average Bonchev–Trinajstić information content (AvgIpc) is 3.11. The Morgan fingerprint density at radius 2 is 2.52 bits per heavy atom. The lowest BCUT2D eigenvalue weighted by Gasteiger charge is -2.41. The molecule has 1 aliphatic heterocycles. The van der Waals surface area contributed by atoms with Crippen LogP contribution in [0.1, 0.15) is 18.8 Å². The quantitative estimate of drug-likeness (QED) is 0.872. The van der Waals surface area contributed by atoms with Gasteiger partial charge in [0.05, 0.1) is 12.8 Å². The molecule has 3 rings (SSSR count). The Balaban J connectivity index is 2.01. The predicted octanol–water partition coefficient (Wildman–Crippen LogP) is 1.55. The number of amides is 1. The summed E-state index contributed by atoms with van der Waals surface area (Å²) < 4.78 is 32.9. The number of likely N-dealkylation sites (N-methyl/N-ethyl adjacent to an activating group) is 1. The minimum absolute atomic E-state index is 0.117. The van der Waals surface area contributed by atoms with E-state index in [9.17, 15) is 4.79 Å². The van der Waals surface area contributed by atoms with Gasteiger partial charge in [-0.1, -0.05) is 6.92 Å². The molecular formula is C16H20N6O. The van der Waals surface area contributed by atoms with Crippen LogP contribution in [0, 0.1) is 12.5 Å². The van der Waals surface area contributed by atoms with Crippen molar-refractivity contribution in [3.05, 3.63) is 30.0 Å². The van der Waals surface area contributed by atoms with Gasteiger partial charge in [0.15, 0.2) is 0 Å². The Morgan fingerprint density at radius 1 is 1.70 bits per heavy atom. The second kappa shape index (κ2) is 6.24. The summed E-state index contributed by atoms with van der Waals surface area (Å²) in [5.74, 6) is -1.79. The van der Waals surface area contributed by atoms with Crippen molar-refractivity contribution in [1.29, 1.82) is 0 Å². The van der Waals surface area contributed by atoms with Crippen LogP contribution in [0.15, 0.2) is 18.6 Å². The lowest BCUT2D eigenvalue weighted by atomic mass is 9.92. The molecule has 2 aromatic heterocycles. The second-order valence-corrected chi connectivity index (χ2v) is 5.42. The monoisotopic (exact) mass is 316 g/mol. The number of hydrogen-bond donors (Lipinski definition) is 1. The first-order valence-corrected chi connectivity index (χ1v) is 7.23. The van der Waals surface area contributed by atoms with E-state index < -0.39 is 24.3 Å². The molecule has 1 amide bonds. The number of carbonyl (C=O) groups excluding carboxylic acids is 1. The van der Waals surface area contributed by atoms with Gasteiger partial charge in [-0.3, -0.25) is 4.79 Å². The zero-order valence-electron chi connectivity index (χ0n) is 17.0. The first-order chi connectivity index (χ1) is 12.5. The number of piperidine rings is 1. The van der Waals surface area contributed by atoms with Crippen molar-refractivity contribution in [1.82, 2.24) is 19.9 Å². The number of H-pyrrole nitrogens is 1. The van der Waals surface area contributed by atoms with Crippen LogP contribution in [-0.4, -0.2) is 58.4 Å². The minimum Gasteiger partial charge on any atom is -0.354 e. The molecule has 0 aliphatic carbocycles. The zero-order valence-corrected chi connectivity index (χ0v) is 13.0. The third kappa shape index (κ3) is 2.84. The fourth-order valence-electron chi connectivity index (χ4n) is 2.78. The lowest BCUT2D eigenvalue weighted by Crippen LogP contribution is -2.53. The van der Waals surface area contributed by atoms with Crippen molar-refractivity contribution in [3.63, 3.8) is 0 Å². The molecule has 1 fully saturated rings.